The van der Waals surface area contributed by atoms with Crippen LogP contribution in [0.1, 0.15) is 16.9 Å². The minimum Gasteiger partial charge on any atom is -0.481 e. The van der Waals surface area contributed by atoms with E-state index in [0.717, 1.165) is 0 Å². The third-order valence-corrected chi connectivity index (χ3v) is 1.88. The number of amides is 1. The maximum absolute atomic E-state index is 11.5. The highest BCUT2D eigenvalue weighted by Gasteiger charge is 2.23. The summed E-state index contributed by atoms with van der Waals surface area (Å²) in [7, 11) is 0. The molecule has 1 atom stereocenters. The Labute approximate surface area is 96.1 Å². The van der Waals surface area contributed by atoms with Gasteiger partial charge in [0.25, 0.3) is 5.91 Å². The van der Waals surface area contributed by atoms with E-state index in [4.69, 9.17) is 10.2 Å². The molecule has 0 aliphatic rings. The summed E-state index contributed by atoms with van der Waals surface area (Å²) in [5, 5.41) is 19.3. The van der Waals surface area contributed by atoms with Crippen LogP contribution in [0.2, 0.25) is 0 Å². The number of nitrogens with zero attached hydrogens (tertiary/aromatic N) is 1. The van der Waals surface area contributed by atoms with E-state index in [1.807, 2.05) is 0 Å². The van der Waals surface area contributed by atoms with Gasteiger partial charge in [-0.15, -0.1) is 0 Å². The number of hydrogen-bond acceptors (Lipinski definition) is 4. The topological polar surface area (TPSA) is 117 Å². The highest BCUT2D eigenvalue weighted by molar-refractivity contribution is 5.95. The van der Waals surface area contributed by atoms with Crippen molar-refractivity contribution in [1.82, 2.24) is 10.3 Å². The molecule has 3 N–H and O–H groups in total. The Bertz CT molecular complexity index is 432. The summed E-state index contributed by atoms with van der Waals surface area (Å²) in [4.78, 5) is 36.3. The minimum absolute atomic E-state index is 0.0316. The Morgan fingerprint density at radius 1 is 1.29 bits per heavy atom. The van der Waals surface area contributed by atoms with Gasteiger partial charge in [-0.25, -0.2) is 4.79 Å². The maximum Gasteiger partial charge on any atom is 0.326 e. The van der Waals surface area contributed by atoms with E-state index < -0.39 is 30.3 Å². The Morgan fingerprint density at radius 3 is 2.47 bits per heavy atom. The van der Waals surface area contributed by atoms with Gasteiger partial charge in [-0.1, -0.05) is 6.07 Å². The van der Waals surface area contributed by atoms with Crippen molar-refractivity contribution in [2.45, 2.75) is 12.5 Å². The largest absolute Gasteiger partial charge is 0.481 e. The molecular formula is C10H10N2O5. The highest BCUT2D eigenvalue weighted by atomic mass is 16.4. The van der Waals surface area contributed by atoms with Gasteiger partial charge in [-0.05, 0) is 12.1 Å². The number of carboxylic acid groups (broad SMARTS) is 2. The Balaban J connectivity index is 2.71. The molecule has 0 aliphatic heterocycles. The summed E-state index contributed by atoms with van der Waals surface area (Å²) in [6, 6.07) is 3.09. The molecule has 7 nitrogen and oxygen atoms in total. The van der Waals surface area contributed by atoms with Crippen LogP contribution in [-0.2, 0) is 9.59 Å². The van der Waals surface area contributed by atoms with Gasteiger partial charge < -0.3 is 15.5 Å². The second kappa shape index (κ2) is 5.59. The van der Waals surface area contributed by atoms with Crippen LogP contribution in [0.5, 0.6) is 0 Å². The number of rotatable bonds is 5. The fraction of sp³-hybridized carbons (Fsp3) is 0.200. The van der Waals surface area contributed by atoms with E-state index >= 15 is 0 Å². The van der Waals surface area contributed by atoms with Crippen molar-refractivity contribution in [3.8, 4) is 0 Å². The van der Waals surface area contributed by atoms with Crippen LogP contribution in [0, 0.1) is 0 Å². The predicted molar refractivity (Wildman–Crippen MR) is 55.4 cm³/mol. The molecule has 90 valence electrons. The molecule has 1 unspecified atom stereocenters. The van der Waals surface area contributed by atoms with Crippen LogP contribution >= 0.6 is 0 Å². The van der Waals surface area contributed by atoms with Gasteiger partial charge in [-0.2, -0.15) is 0 Å². The van der Waals surface area contributed by atoms with Crippen molar-refractivity contribution >= 4 is 17.8 Å². The quantitative estimate of drug-likeness (QED) is 0.650. The summed E-state index contributed by atoms with van der Waals surface area (Å²) in [6.45, 7) is 0. The summed E-state index contributed by atoms with van der Waals surface area (Å²) in [5.41, 5.74) is 0.0316. The molecule has 0 aliphatic carbocycles. The number of carboxylic acids is 2. The zero-order valence-corrected chi connectivity index (χ0v) is 8.66. The van der Waals surface area contributed by atoms with Gasteiger partial charge in [0.15, 0.2) is 0 Å². The van der Waals surface area contributed by atoms with Crippen molar-refractivity contribution in [2.75, 3.05) is 0 Å². The molecule has 0 bridgehead atoms. The fourth-order valence-electron chi connectivity index (χ4n) is 1.10. The van der Waals surface area contributed by atoms with Gasteiger partial charge in [0.05, 0.1) is 6.42 Å². The van der Waals surface area contributed by atoms with Gasteiger partial charge in [-0.3, -0.25) is 14.6 Å². The third-order valence-electron chi connectivity index (χ3n) is 1.88. The Morgan fingerprint density at radius 2 is 2.00 bits per heavy atom. The van der Waals surface area contributed by atoms with E-state index in [2.05, 4.69) is 10.3 Å². The molecule has 7 heteroatoms. The lowest BCUT2D eigenvalue weighted by atomic mass is 10.2. The Kier molecular flexibility index (Phi) is 4.15. The summed E-state index contributed by atoms with van der Waals surface area (Å²) in [5.74, 6) is -3.44. The van der Waals surface area contributed by atoms with Crippen LogP contribution in [0.4, 0.5) is 0 Å². The number of hydrogen-bond donors (Lipinski definition) is 3. The zero-order chi connectivity index (χ0) is 12.8. The molecule has 1 aromatic rings. The van der Waals surface area contributed by atoms with E-state index in [1.165, 1.54) is 12.3 Å². The molecule has 1 heterocycles. The molecule has 1 rings (SSSR count). The van der Waals surface area contributed by atoms with E-state index in [-0.39, 0.29) is 5.69 Å². The van der Waals surface area contributed by atoms with Crippen molar-refractivity contribution < 1.29 is 24.6 Å². The SMILES string of the molecule is O=C(O)CC(NC(=O)c1ccccn1)C(=O)O. The average molecular weight is 238 g/mol. The first-order valence-electron chi connectivity index (χ1n) is 4.67. The molecule has 0 saturated heterocycles. The van der Waals surface area contributed by atoms with Gasteiger partial charge in [0, 0.05) is 6.20 Å². The smallest absolute Gasteiger partial charge is 0.326 e. The highest BCUT2D eigenvalue weighted by Crippen LogP contribution is 1.98. The van der Waals surface area contributed by atoms with E-state index in [0.29, 0.717) is 0 Å². The van der Waals surface area contributed by atoms with Crippen LogP contribution in [-0.4, -0.2) is 39.1 Å². The lowest BCUT2D eigenvalue weighted by Gasteiger charge is -2.11. The summed E-state index contributed by atoms with van der Waals surface area (Å²) in [6.07, 6.45) is 0.690. The number of aliphatic carboxylic acids is 2. The van der Waals surface area contributed by atoms with Crippen LogP contribution < -0.4 is 5.32 Å². The van der Waals surface area contributed by atoms with Gasteiger partial charge in [0.2, 0.25) is 0 Å². The zero-order valence-electron chi connectivity index (χ0n) is 8.66. The number of carbonyl (C=O) groups is 3. The molecular weight excluding hydrogens is 228 g/mol. The molecule has 0 spiro atoms. The number of nitrogens with one attached hydrogen (secondary N) is 1. The van der Waals surface area contributed by atoms with Crippen LogP contribution in [0.25, 0.3) is 0 Å². The molecule has 0 radical (unpaired) electrons. The fourth-order valence-corrected chi connectivity index (χ4v) is 1.10. The normalized spacial score (nSPS) is 11.5. The maximum atomic E-state index is 11.5. The average Bonchev–Trinajstić information content (AvgIpc) is 2.28. The van der Waals surface area contributed by atoms with Crippen molar-refractivity contribution in [3.63, 3.8) is 0 Å². The Hall–Kier alpha value is -2.44. The standard InChI is InChI=1S/C10H10N2O5/c13-8(14)5-7(10(16)17)12-9(15)6-3-1-2-4-11-6/h1-4,7H,5H2,(H,12,15)(H,13,14)(H,16,17). The second-order valence-corrected chi connectivity index (χ2v) is 3.18. The first-order valence-corrected chi connectivity index (χ1v) is 4.67. The predicted octanol–water partition coefficient (Wildman–Crippen LogP) is -0.261. The number of carbonyl (C=O) groups excluding carboxylic acids is 1. The lowest BCUT2D eigenvalue weighted by molar-refractivity contribution is -0.145. The number of pyridine rings is 1. The molecule has 1 aromatic heterocycles. The molecule has 0 fully saturated rings. The molecule has 0 aromatic carbocycles. The second-order valence-electron chi connectivity index (χ2n) is 3.18. The van der Waals surface area contributed by atoms with E-state index in [9.17, 15) is 14.4 Å². The van der Waals surface area contributed by atoms with Crippen LogP contribution in [0.3, 0.4) is 0 Å². The van der Waals surface area contributed by atoms with Crippen LogP contribution in [0.15, 0.2) is 24.4 Å². The summed E-state index contributed by atoms with van der Waals surface area (Å²) >= 11 is 0. The van der Waals surface area contributed by atoms with Gasteiger partial charge >= 0.3 is 11.9 Å². The van der Waals surface area contributed by atoms with Gasteiger partial charge in [0.1, 0.15) is 11.7 Å². The minimum atomic E-state index is -1.47. The molecule has 0 saturated carbocycles. The first kappa shape index (κ1) is 12.6. The lowest BCUT2D eigenvalue weighted by Crippen LogP contribution is -2.42. The molecule has 17 heavy (non-hydrogen) atoms. The van der Waals surface area contributed by atoms with Crippen molar-refractivity contribution in [1.29, 1.82) is 0 Å². The molecule has 1 amide bonds. The van der Waals surface area contributed by atoms with E-state index in [1.54, 1.807) is 12.1 Å². The van der Waals surface area contributed by atoms with Crippen molar-refractivity contribution in [2.24, 2.45) is 0 Å². The first-order chi connectivity index (χ1) is 8.00. The van der Waals surface area contributed by atoms with Crippen molar-refractivity contribution in [3.05, 3.63) is 30.1 Å². The number of aromatic nitrogens is 1. The summed E-state index contributed by atoms with van der Waals surface area (Å²) < 4.78 is 0. The monoisotopic (exact) mass is 238 g/mol. The third kappa shape index (κ3) is 3.90.